The van der Waals surface area contributed by atoms with Crippen molar-refractivity contribution in [3.8, 4) is 0 Å². The first-order valence-electron chi connectivity index (χ1n) is 3.44. The summed E-state index contributed by atoms with van der Waals surface area (Å²) in [5.41, 5.74) is 0. The van der Waals surface area contributed by atoms with E-state index in [1.54, 1.807) is 6.92 Å². The monoisotopic (exact) mass is 194 g/mol. The van der Waals surface area contributed by atoms with Crippen LogP contribution >= 0.6 is 0 Å². The third-order valence-corrected chi connectivity index (χ3v) is 2.78. The minimum absolute atomic E-state index is 0.391. The Hall–Kier alpha value is -0.403. The Bertz CT molecular complexity index is 125. The average Bonchev–Trinajstić information content (AvgIpc) is 2.13. The van der Waals surface area contributed by atoms with Crippen molar-refractivity contribution in [3.63, 3.8) is 0 Å². The molecule has 6 heteroatoms. The standard InChI is InChI=1S/C6H14O5Si/c1-5-9-11-12(7-3,8-4)10-6-2/h6H,2,5H2,1,3-4H3. The second-order valence-corrected chi connectivity index (χ2v) is 3.90. The number of hydrogen-bond acceptors (Lipinski definition) is 5. The van der Waals surface area contributed by atoms with Crippen LogP contribution in [0.2, 0.25) is 0 Å². The van der Waals surface area contributed by atoms with E-state index < -0.39 is 9.05 Å². The summed E-state index contributed by atoms with van der Waals surface area (Å²) < 4.78 is 19.6. The molecule has 0 heterocycles. The predicted molar refractivity (Wildman–Crippen MR) is 43.8 cm³/mol. The predicted octanol–water partition coefficient (Wildman–Crippen LogP) is 0.843. The molecule has 0 saturated heterocycles. The molecule has 72 valence electrons. The van der Waals surface area contributed by atoms with Crippen LogP contribution in [0.5, 0.6) is 0 Å². The highest BCUT2D eigenvalue weighted by Gasteiger charge is 2.47. The molecule has 0 saturated carbocycles. The van der Waals surface area contributed by atoms with E-state index in [0.717, 1.165) is 0 Å². The van der Waals surface area contributed by atoms with E-state index in [9.17, 15) is 0 Å². The molecule has 0 aromatic rings. The minimum Gasteiger partial charge on any atom is -0.486 e. The second-order valence-electron chi connectivity index (χ2n) is 1.68. The normalized spacial score (nSPS) is 11.2. The fraction of sp³-hybridized carbons (Fsp3) is 0.667. The zero-order valence-electron chi connectivity index (χ0n) is 7.53. The van der Waals surface area contributed by atoms with Gasteiger partial charge in [-0.25, -0.2) is 4.89 Å². The van der Waals surface area contributed by atoms with E-state index in [1.807, 2.05) is 0 Å². The van der Waals surface area contributed by atoms with Gasteiger partial charge in [-0.1, -0.05) is 6.58 Å². The smallest absolute Gasteiger partial charge is 0.486 e. The number of rotatable bonds is 7. The molecule has 5 nitrogen and oxygen atoms in total. The van der Waals surface area contributed by atoms with Crippen LogP contribution in [0, 0.1) is 0 Å². The molecule has 0 N–H and O–H groups in total. The largest absolute Gasteiger partial charge is 0.777 e. The lowest BCUT2D eigenvalue weighted by Gasteiger charge is -2.21. The molecule has 0 aliphatic heterocycles. The Kier molecular flexibility index (Phi) is 5.94. The molecule has 0 aliphatic carbocycles. The molecule has 0 aromatic heterocycles. The maximum Gasteiger partial charge on any atom is 0.777 e. The van der Waals surface area contributed by atoms with Gasteiger partial charge in [0.25, 0.3) is 0 Å². The first kappa shape index (κ1) is 11.6. The molecule has 0 fully saturated rings. The maximum atomic E-state index is 4.94. The van der Waals surface area contributed by atoms with Crippen molar-refractivity contribution in [1.82, 2.24) is 0 Å². The Balaban J connectivity index is 4.03. The molecular formula is C6H14O5Si. The van der Waals surface area contributed by atoms with E-state index >= 15 is 0 Å². The lowest BCUT2D eigenvalue weighted by atomic mass is 10.9. The second kappa shape index (κ2) is 6.15. The summed E-state index contributed by atoms with van der Waals surface area (Å²) >= 11 is 0. The zero-order chi connectivity index (χ0) is 9.45. The minimum atomic E-state index is -3.10. The maximum absolute atomic E-state index is 4.94. The van der Waals surface area contributed by atoms with Crippen molar-refractivity contribution in [3.05, 3.63) is 12.8 Å². The lowest BCUT2D eigenvalue weighted by Crippen LogP contribution is -2.46. The van der Waals surface area contributed by atoms with Gasteiger partial charge in [-0.15, -0.1) is 0 Å². The summed E-state index contributed by atoms with van der Waals surface area (Å²) in [4.78, 5) is 4.67. The highest BCUT2D eigenvalue weighted by molar-refractivity contribution is 6.53. The van der Waals surface area contributed by atoms with Gasteiger partial charge in [-0.3, -0.25) is 0 Å². The molecule has 12 heavy (non-hydrogen) atoms. The first-order chi connectivity index (χ1) is 5.74. The molecule has 0 aliphatic rings. The SMILES string of the molecule is C=CO[Si](OC)(OC)OOCC. The number of hydrogen-bond donors (Lipinski definition) is 0. The first-order valence-corrected chi connectivity index (χ1v) is 5.07. The van der Waals surface area contributed by atoms with Crippen molar-refractivity contribution in [2.75, 3.05) is 20.8 Å². The molecule has 0 amide bonds. The van der Waals surface area contributed by atoms with Crippen LogP contribution in [0.15, 0.2) is 12.8 Å². The van der Waals surface area contributed by atoms with Crippen LogP contribution < -0.4 is 0 Å². The van der Waals surface area contributed by atoms with Gasteiger partial charge in [-0.05, 0) is 6.92 Å². The van der Waals surface area contributed by atoms with Crippen molar-refractivity contribution in [1.29, 1.82) is 0 Å². The molecule has 0 atom stereocenters. The van der Waals surface area contributed by atoms with Crippen molar-refractivity contribution in [2.45, 2.75) is 6.92 Å². The average molecular weight is 194 g/mol. The van der Waals surface area contributed by atoms with E-state index in [-0.39, 0.29) is 0 Å². The van der Waals surface area contributed by atoms with E-state index in [4.69, 9.17) is 17.9 Å². The van der Waals surface area contributed by atoms with Gasteiger partial charge in [-0.2, -0.15) is 4.58 Å². The summed E-state index contributed by atoms with van der Waals surface area (Å²) in [6, 6.07) is 0. The third-order valence-electron chi connectivity index (χ3n) is 1.01. The van der Waals surface area contributed by atoms with Crippen LogP contribution in [-0.4, -0.2) is 29.9 Å². The fourth-order valence-electron chi connectivity index (χ4n) is 0.500. The quantitative estimate of drug-likeness (QED) is 0.260. The van der Waals surface area contributed by atoms with Gasteiger partial charge < -0.3 is 13.3 Å². The van der Waals surface area contributed by atoms with Crippen LogP contribution in [0.4, 0.5) is 0 Å². The molecule has 0 spiro atoms. The fourth-order valence-corrected chi connectivity index (χ4v) is 1.50. The van der Waals surface area contributed by atoms with Crippen LogP contribution in [-0.2, 0) is 22.7 Å². The molecule has 0 aromatic carbocycles. The van der Waals surface area contributed by atoms with Gasteiger partial charge in [0.05, 0.1) is 12.9 Å². The van der Waals surface area contributed by atoms with E-state index in [1.165, 1.54) is 20.5 Å². The Morgan fingerprint density at radius 1 is 1.33 bits per heavy atom. The van der Waals surface area contributed by atoms with Crippen LogP contribution in [0.3, 0.4) is 0 Å². The van der Waals surface area contributed by atoms with Crippen molar-refractivity contribution in [2.24, 2.45) is 0 Å². The van der Waals surface area contributed by atoms with Gasteiger partial charge >= 0.3 is 9.05 Å². The van der Waals surface area contributed by atoms with Gasteiger partial charge in [0.2, 0.25) is 0 Å². The summed E-state index contributed by atoms with van der Waals surface area (Å²) in [7, 11) is -0.275. The Morgan fingerprint density at radius 2 is 1.92 bits per heavy atom. The lowest BCUT2D eigenvalue weighted by molar-refractivity contribution is -0.263. The molecule has 0 rings (SSSR count). The highest BCUT2D eigenvalue weighted by atomic mass is 28.4. The molecule has 0 radical (unpaired) electrons. The Morgan fingerprint density at radius 3 is 2.25 bits per heavy atom. The zero-order valence-corrected chi connectivity index (χ0v) is 8.53. The van der Waals surface area contributed by atoms with Crippen molar-refractivity contribution >= 4 is 9.05 Å². The van der Waals surface area contributed by atoms with Crippen molar-refractivity contribution < 1.29 is 22.7 Å². The third kappa shape index (κ3) is 3.33. The van der Waals surface area contributed by atoms with Gasteiger partial charge in [0.15, 0.2) is 0 Å². The van der Waals surface area contributed by atoms with Gasteiger partial charge in [0, 0.05) is 14.2 Å². The highest BCUT2D eigenvalue weighted by Crippen LogP contribution is 2.09. The van der Waals surface area contributed by atoms with Crippen LogP contribution in [0.1, 0.15) is 6.92 Å². The summed E-state index contributed by atoms with van der Waals surface area (Å²) in [6.45, 7) is 5.53. The summed E-state index contributed by atoms with van der Waals surface area (Å²) in [5, 5.41) is 0. The van der Waals surface area contributed by atoms with Gasteiger partial charge in [0.1, 0.15) is 0 Å². The molecule has 0 unspecified atom stereocenters. The summed E-state index contributed by atoms with van der Waals surface area (Å²) in [6.07, 6.45) is 1.19. The molecule has 0 bridgehead atoms. The van der Waals surface area contributed by atoms with E-state index in [0.29, 0.717) is 6.61 Å². The molecular weight excluding hydrogens is 180 g/mol. The Labute approximate surface area is 73.2 Å². The van der Waals surface area contributed by atoms with E-state index in [2.05, 4.69) is 11.5 Å². The van der Waals surface area contributed by atoms with Crippen LogP contribution in [0.25, 0.3) is 0 Å². The topological polar surface area (TPSA) is 46.2 Å². The summed E-state index contributed by atoms with van der Waals surface area (Å²) in [5.74, 6) is 0.